The number of hydrogen-bond donors (Lipinski definition) is 2. The fourth-order valence-corrected chi connectivity index (χ4v) is 1.75. The van der Waals surface area contributed by atoms with Gasteiger partial charge in [0, 0.05) is 23.1 Å². The molecule has 6 heteroatoms. The van der Waals surface area contributed by atoms with Crippen molar-refractivity contribution in [3.05, 3.63) is 34.1 Å². The molecule has 0 aliphatic heterocycles. The highest BCUT2D eigenvalue weighted by molar-refractivity contribution is 9.10. The predicted molar refractivity (Wildman–Crippen MR) is 69.2 cm³/mol. The number of anilines is 2. The highest BCUT2D eigenvalue weighted by Crippen LogP contribution is 2.25. The van der Waals surface area contributed by atoms with Crippen molar-refractivity contribution >= 4 is 27.6 Å². The molecule has 1 aromatic carbocycles. The Bertz CT molecular complexity index is 512. The molecule has 0 aliphatic rings. The smallest absolute Gasteiger partial charge is 0.320 e. The Morgan fingerprint density at radius 1 is 1.41 bits per heavy atom. The van der Waals surface area contributed by atoms with Crippen LogP contribution >= 0.6 is 15.9 Å². The fraction of sp³-hybridized carbons (Fsp3) is 0.273. The third-order valence-electron chi connectivity index (χ3n) is 2.33. The molecular weight excluding hydrogens is 284 g/mol. The lowest BCUT2D eigenvalue weighted by Gasteiger charge is -2.06. The second-order valence-electron chi connectivity index (χ2n) is 3.58. The summed E-state index contributed by atoms with van der Waals surface area (Å²) in [5, 5.41) is 10.9. The van der Waals surface area contributed by atoms with Crippen molar-refractivity contribution in [2.75, 3.05) is 11.9 Å². The first-order chi connectivity index (χ1) is 8.20. The van der Waals surface area contributed by atoms with Crippen LogP contribution in [-0.2, 0) is 6.42 Å². The minimum absolute atomic E-state index is 0.384. The van der Waals surface area contributed by atoms with Gasteiger partial charge in [-0.1, -0.05) is 27.1 Å². The van der Waals surface area contributed by atoms with Gasteiger partial charge in [-0.05, 0) is 24.6 Å². The van der Waals surface area contributed by atoms with Crippen LogP contribution in [0.2, 0.25) is 0 Å². The van der Waals surface area contributed by atoms with Crippen LogP contribution < -0.4 is 11.1 Å². The molecule has 0 saturated heterocycles. The average molecular weight is 297 g/mol. The molecule has 2 rings (SSSR count). The largest absolute Gasteiger partial charge is 0.408 e. The summed E-state index contributed by atoms with van der Waals surface area (Å²) in [5.74, 6) is 0.544. The summed E-state index contributed by atoms with van der Waals surface area (Å²) in [4.78, 5) is 0. The lowest BCUT2D eigenvalue weighted by molar-refractivity contribution is 0.510. The Labute approximate surface area is 108 Å². The van der Waals surface area contributed by atoms with Gasteiger partial charge in [-0.2, -0.15) is 0 Å². The molecule has 0 radical (unpaired) electrons. The van der Waals surface area contributed by atoms with Crippen LogP contribution in [0.3, 0.4) is 0 Å². The third-order valence-corrected chi connectivity index (χ3v) is 3.19. The predicted octanol–water partition coefficient (Wildman–Crippen LogP) is 2.39. The molecule has 3 N–H and O–H groups in total. The first kappa shape index (κ1) is 12.1. The van der Waals surface area contributed by atoms with Crippen molar-refractivity contribution in [1.29, 1.82) is 0 Å². The van der Waals surface area contributed by atoms with Gasteiger partial charge in [-0.3, -0.25) is 0 Å². The van der Waals surface area contributed by atoms with Crippen molar-refractivity contribution < 1.29 is 4.42 Å². The SMILES string of the molecule is Cc1c(Br)cccc1Nc1nnc(CCN)o1. The van der Waals surface area contributed by atoms with E-state index in [0.717, 1.165) is 15.7 Å². The molecule has 0 spiro atoms. The quantitative estimate of drug-likeness (QED) is 0.906. The molecule has 1 heterocycles. The van der Waals surface area contributed by atoms with E-state index < -0.39 is 0 Å². The van der Waals surface area contributed by atoms with Gasteiger partial charge in [0.05, 0.1) is 0 Å². The van der Waals surface area contributed by atoms with E-state index in [4.69, 9.17) is 10.2 Å². The highest BCUT2D eigenvalue weighted by atomic mass is 79.9. The van der Waals surface area contributed by atoms with Gasteiger partial charge < -0.3 is 15.5 Å². The Morgan fingerprint density at radius 2 is 2.24 bits per heavy atom. The standard InChI is InChI=1S/C11H13BrN4O/c1-7-8(12)3-2-4-9(7)14-11-16-15-10(17-11)5-6-13/h2-4H,5-6,13H2,1H3,(H,14,16). The molecule has 0 fully saturated rings. The normalized spacial score (nSPS) is 10.5. The third kappa shape index (κ3) is 2.83. The summed E-state index contributed by atoms with van der Waals surface area (Å²) in [6.07, 6.45) is 0.589. The summed E-state index contributed by atoms with van der Waals surface area (Å²) >= 11 is 3.47. The number of nitrogens with zero attached hydrogens (tertiary/aromatic N) is 2. The molecule has 0 saturated carbocycles. The highest BCUT2D eigenvalue weighted by Gasteiger charge is 2.07. The summed E-state index contributed by atoms with van der Waals surface area (Å²) in [5.41, 5.74) is 7.43. The summed E-state index contributed by atoms with van der Waals surface area (Å²) < 4.78 is 6.43. The average Bonchev–Trinajstić information content (AvgIpc) is 2.73. The van der Waals surface area contributed by atoms with E-state index in [0.29, 0.717) is 24.9 Å². The number of aromatic nitrogens is 2. The number of hydrogen-bond acceptors (Lipinski definition) is 5. The van der Waals surface area contributed by atoms with Crippen LogP contribution in [0.1, 0.15) is 11.5 Å². The zero-order valence-corrected chi connectivity index (χ0v) is 11.0. The summed E-state index contributed by atoms with van der Waals surface area (Å²) in [6, 6.07) is 6.26. The van der Waals surface area contributed by atoms with E-state index in [1.165, 1.54) is 0 Å². The molecule has 90 valence electrons. The first-order valence-corrected chi connectivity index (χ1v) is 6.04. The maximum Gasteiger partial charge on any atom is 0.320 e. The van der Waals surface area contributed by atoms with Gasteiger partial charge in [0.2, 0.25) is 5.89 Å². The number of rotatable bonds is 4. The maximum atomic E-state index is 5.41. The fourth-order valence-electron chi connectivity index (χ4n) is 1.39. The van der Waals surface area contributed by atoms with Gasteiger partial charge in [-0.25, -0.2) is 0 Å². The Balaban J connectivity index is 2.16. The molecular formula is C11H13BrN4O. The van der Waals surface area contributed by atoms with Gasteiger partial charge in [-0.15, -0.1) is 5.10 Å². The number of benzene rings is 1. The lowest BCUT2D eigenvalue weighted by atomic mass is 10.2. The van der Waals surface area contributed by atoms with Gasteiger partial charge in [0.1, 0.15) is 0 Å². The number of halogens is 1. The van der Waals surface area contributed by atoms with Gasteiger partial charge in [0.25, 0.3) is 0 Å². The maximum absolute atomic E-state index is 5.41. The zero-order chi connectivity index (χ0) is 12.3. The lowest BCUT2D eigenvalue weighted by Crippen LogP contribution is -2.02. The second-order valence-corrected chi connectivity index (χ2v) is 4.43. The molecule has 0 amide bonds. The van der Waals surface area contributed by atoms with E-state index in [9.17, 15) is 0 Å². The van der Waals surface area contributed by atoms with Crippen molar-refractivity contribution in [1.82, 2.24) is 10.2 Å². The monoisotopic (exact) mass is 296 g/mol. The van der Waals surface area contributed by atoms with E-state index in [1.807, 2.05) is 25.1 Å². The van der Waals surface area contributed by atoms with Gasteiger partial charge >= 0.3 is 6.01 Å². The molecule has 0 bridgehead atoms. The number of nitrogens with one attached hydrogen (secondary N) is 1. The topological polar surface area (TPSA) is 77.0 Å². The Morgan fingerprint density at radius 3 is 3.00 bits per heavy atom. The van der Waals surface area contributed by atoms with Crippen LogP contribution in [0.25, 0.3) is 0 Å². The van der Waals surface area contributed by atoms with E-state index in [-0.39, 0.29) is 0 Å². The van der Waals surface area contributed by atoms with Crippen molar-refractivity contribution in [3.63, 3.8) is 0 Å². The molecule has 0 atom stereocenters. The number of nitrogens with two attached hydrogens (primary N) is 1. The van der Waals surface area contributed by atoms with Gasteiger partial charge in [0.15, 0.2) is 0 Å². The molecule has 2 aromatic rings. The minimum atomic E-state index is 0.384. The second kappa shape index (κ2) is 5.29. The minimum Gasteiger partial charge on any atom is -0.408 e. The van der Waals surface area contributed by atoms with Crippen molar-refractivity contribution in [2.24, 2.45) is 5.73 Å². The van der Waals surface area contributed by atoms with Crippen LogP contribution in [0.15, 0.2) is 27.1 Å². The zero-order valence-electron chi connectivity index (χ0n) is 9.40. The van der Waals surface area contributed by atoms with E-state index >= 15 is 0 Å². The van der Waals surface area contributed by atoms with Crippen LogP contribution in [0.4, 0.5) is 11.7 Å². The van der Waals surface area contributed by atoms with Crippen LogP contribution in [-0.4, -0.2) is 16.7 Å². The van der Waals surface area contributed by atoms with E-state index in [1.54, 1.807) is 0 Å². The Kier molecular flexibility index (Phi) is 3.75. The molecule has 5 nitrogen and oxygen atoms in total. The first-order valence-electron chi connectivity index (χ1n) is 5.25. The van der Waals surface area contributed by atoms with Crippen LogP contribution in [0, 0.1) is 6.92 Å². The van der Waals surface area contributed by atoms with E-state index in [2.05, 4.69) is 31.4 Å². The Hall–Kier alpha value is -1.40. The molecule has 0 aliphatic carbocycles. The van der Waals surface area contributed by atoms with Crippen LogP contribution in [0.5, 0.6) is 0 Å². The molecule has 0 unspecified atom stereocenters. The van der Waals surface area contributed by atoms with Crippen molar-refractivity contribution in [3.8, 4) is 0 Å². The summed E-state index contributed by atoms with van der Waals surface area (Å²) in [7, 11) is 0. The molecule has 1 aromatic heterocycles. The van der Waals surface area contributed by atoms with Crippen molar-refractivity contribution in [2.45, 2.75) is 13.3 Å². The molecule has 17 heavy (non-hydrogen) atoms. The summed E-state index contributed by atoms with van der Waals surface area (Å²) in [6.45, 7) is 2.50.